The van der Waals surface area contributed by atoms with Crippen LogP contribution in [-0.4, -0.2) is 15.7 Å². The zero-order valence-corrected chi connectivity index (χ0v) is 9.74. The molecule has 1 fully saturated rings. The fraction of sp³-hybridized carbons (Fsp3) is 0.231. The van der Waals surface area contributed by atoms with Crippen molar-refractivity contribution in [3.63, 3.8) is 0 Å². The predicted octanol–water partition coefficient (Wildman–Crippen LogP) is 3.34. The minimum absolute atomic E-state index is 0.764. The van der Waals surface area contributed by atoms with E-state index in [1.54, 1.807) is 0 Å². The van der Waals surface area contributed by atoms with Crippen LogP contribution >= 0.6 is 0 Å². The van der Waals surface area contributed by atoms with Gasteiger partial charge in [0, 0.05) is 11.5 Å². The number of hydrogen-bond donors (Lipinski definition) is 0. The molecule has 0 radical (unpaired) electrons. The Bertz CT molecular complexity index is 644. The Morgan fingerprint density at radius 3 is 2.44 bits per heavy atom. The van der Waals surface area contributed by atoms with E-state index in [2.05, 4.69) is 16.5 Å². The first-order chi connectivity index (χ1) is 7.75. The molecule has 16 heavy (non-hydrogen) atoms. The maximum atomic E-state index is 12.0. The van der Waals surface area contributed by atoms with Crippen LogP contribution in [0.25, 0.3) is 10.8 Å². The molecular formula is C13H13NOS. The average molecular weight is 231 g/mol. The Hall–Kier alpha value is -1.35. The molecule has 0 aliphatic carbocycles. The van der Waals surface area contributed by atoms with E-state index in [1.807, 2.05) is 30.3 Å². The van der Waals surface area contributed by atoms with Gasteiger partial charge in [-0.2, -0.15) is 4.36 Å². The van der Waals surface area contributed by atoms with Crippen molar-refractivity contribution in [2.24, 2.45) is 4.36 Å². The molecule has 0 amide bonds. The maximum Gasteiger partial charge on any atom is 0.0736 e. The van der Waals surface area contributed by atoms with Gasteiger partial charge >= 0.3 is 0 Å². The van der Waals surface area contributed by atoms with Crippen molar-refractivity contribution in [1.82, 2.24) is 0 Å². The summed E-state index contributed by atoms with van der Waals surface area (Å²) in [6.07, 6.45) is 1.05. The topological polar surface area (TPSA) is 29.4 Å². The summed E-state index contributed by atoms with van der Waals surface area (Å²) in [6, 6.07) is 14.2. The lowest BCUT2D eigenvalue weighted by Crippen LogP contribution is -2.22. The molecule has 1 saturated heterocycles. The minimum atomic E-state index is -1.89. The lowest BCUT2D eigenvalue weighted by molar-refractivity contribution is 0.663. The quantitative estimate of drug-likeness (QED) is 0.740. The third-order valence-corrected chi connectivity index (χ3v) is 5.33. The second kappa shape index (κ2) is 3.59. The smallest absolute Gasteiger partial charge is 0.0736 e. The fourth-order valence-corrected chi connectivity index (χ4v) is 3.37. The van der Waals surface area contributed by atoms with Crippen LogP contribution in [0.2, 0.25) is 0 Å². The number of rotatable bonds is 1. The van der Waals surface area contributed by atoms with E-state index in [1.165, 1.54) is 5.39 Å². The van der Waals surface area contributed by atoms with Crippen LogP contribution in [0.1, 0.15) is 6.42 Å². The molecule has 2 aromatic carbocycles. The second-order valence-electron chi connectivity index (χ2n) is 4.16. The van der Waals surface area contributed by atoms with Gasteiger partial charge in [-0.05, 0) is 29.3 Å². The minimum Gasteiger partial charge on any atom is -0.249 e. The molecule has 0 unspecified atom stereocenters. The van der Waals surface area contributed by atoms with Crippen LogP contribution in [0, 0.1) is 0 Å². The highest BCUT2D eigenvalue weighted by atomic mass is 32.2. The Kier molecular flexibility index (Phi) is 2.21. The molecule has 0 bridgehead atoms. The molecule has 0 aromatic heterocycles. The summed E-state index contributed by atoms with van der Waals surface area (Å²) in [7, 11) is -1.89. The number of fused-ring (bicyclic) bond motifs is 1. The maximum absolute atomic E-state index is 12.0. The molecule has 2 aromatic rings. The van der Waals surface area contributed by atoms with Crippen LogP contribution in [0.3, 0.4) is 0 Å². The zero-order chi connectivity index (χ0) is 11.0. The van der Waals surface area contributed by atoms with Crippen molar-refractivity contribution in [2.75, 3.05) is 11.5 Å². The third kappa shape index (κ3) is 1.71. The molecule has 1 heterocycles. The molecule has 3 heteroatoms. The van der Waals surface area contributed by atoms with Crippen molar-refractivity contribution in [3.05, 3.63) is 42.5 Å². The molecule has 0 saturated carbocycles. The first-order valence-electron chi connectivity index (χ1n) is 5.47. The molecule has 2 nitrogen and oxygen atoms in total. The summed E-state index contributed by atoms with van der Waals surface area (Å²) >= 11 is 0. The van der Waals surface area contributed by atoms with Crippen molar-refractivity contribution >= 4 is 26.2 Å². The highest BCUT2D eigenvalue weighted by Crippen LogP contribution is 2.25. The summed E-state index contributed by atoms with van der Waals surface area (Å²) in [6.45, 7) is 0. The standard InChI is InChI=1S/C13H13NOS/c15-16(8-3-9-16)14-13-7-6-11-4-1-2-5-12(11)10-13/h1-2,4-7,10H,3,8-9H2. The van der Waals surface area contributed by atoms with E-state index in [0.717, 1.165) is 29.0 Å². The lowest BCUT2D eigenvalue weighted by atomic mass is 10.1. The van der Waals surface area contributed by atoms with Crippen molar-refractivity contribution in [1.29, 1.82) is 0 Å². The van der Waals surface area contributed by atoms with Gasteiger partial charge in [-0.15, -0.1) is 0 Å². The zero-order valence-electron chi connectivity index (χ0n) is 8.93. The second-order valence-corrected chi connectivity index (χ2v) is 6.70. The van der Waals surface area contributed by atoms with Crippen LogP contribution < -0.4 is 0 Å². The molecule has 0 spiro atoms. The van der Waals surface area contributed by atoms with Gasteiger partial charge in [0.1, 0.15) is 0 Å². The van der Waals surface area contributed by atoms with E-state index in [0.29, 0.717) is 0 Å². The molecule has 0 N–H and O–H groups in total. The molecule has 3 rings (SSSR count). The monoisotopic (exact) mass is 231 g/mol. The van der Waals surface area contributed by atoms with E-state index in [9.17, 15) is 4.21 Å². The van der Waals surface area contributed by atoms with Gasteiger partial charge < -0.3 is 0 Å². The summed E-state index contributed by atoms with van der Waals surface area (Å²) in [5.74, 6) is 1.53. The fourth-order valence-electron chi connectivity index (χ4n) is 1.91. The number of nitrogens with zero attached hydrogens (tertiary/aromatic N) is 1. The Morgan fingerprint density at radius 1 is 1.00 bits per heavy atom. The highest BCUT2D eigenvalue weighted by Gasteiger charge is 2.18. The van der Waals surface area contributed by atoms with Crippen LogP contribution in [0.5, 0.6) is 0 Å². The molecule has 0 atom stereocenters. The lowest BCUT2D eigenvalue weighted by Gasteiger charge is -2.17. The van der Waals surface area contributed by atoms with Gasteiger partial charge in [0.25, 0.3) is 0 Å². The third-order valence-electron chi connectivity index (χ3n) is 2.93. The Labute approximate surface area is 95.5 Å². The highest BCUT2D eigenvalue weighted by molar-refractivity contribution is 7.95. The predicted molar refractivity (Wildman–Crippen MR) is 68.5 cm³/mol. The average Bonchev–Trinajstić information content (AvgIpc) is 2.27. The number of benzene rings is 2. The summed E-state index contributed by atoms with van der Waals surface area (Å²) < 4.78 is 16.4. The summed E-state index contributed by atoms with van der Waals surface area (Å²) in [4.78, 5) is 0. The number of hydrogen-bond acceptors (Lipinski definition) is 2. The SMILES string of the molecule is O=S1(=Nc2ccc3ccccc3c2)CCC1. The normalized spacial score (nSPS) is 18.0. The van der Waals surface area contributed by atoms with Crippen LogP contribution in [0.15, 0.2) is 46.8 Å². The molecule has 1 aliphatic rings. The van der Waals surface area contributed by atoms with E-state index >= 15 is 0 Å². The Morgan fingerprint density at radius 2 is 1.75 bits per heavy atom. The van der Waals surface area contributed by atoms with E-state index in [-0.39, 0.29) is 0 Å². The van der Waals surface area contributed by atoms with Crippen LogP contribution in [-0.2, 0) is 9.73 Å². The van der Waals surface area contributed by atoms with Crippen molar-refractivity contribution < 1.29 is 4.21 Å². The van der Waals surface area contributed by atoms with E-state index in [4.69, 9.17) is 0 Å². The van der Waals surface area contributed by atoms with Gasteiger partial charge in [-0.3, -0.25) is 0 Å². The largest absolute Gasteiger partial charge is 0.249 e. The van der Waals surface area contributed by atoms with E-state index < -0.39 is 9.73 Å². The Balaban J connectivity index is 2.12. The van der Waals surface area contributed by atoms with Gasteiger partial charge in [0.05, 0.1) is 15.4 Å². The molecule has 1 aliphatic heterocycles. The summed E-state index contributed by atoms with van der Waals surface area (Å²) in [5.41, 5.74) is 0.850. The van der Waals surface area contributed by atoms with Crippen molar-refractivity contribution in [2.45, 2.75) is 6.42 Å². The van der Waals surface area contributed by atoms with Gasteiger partial charge in [-0.25, -0.2) is 4.21 Å². The van der Waals surface area contributed by atoms with Gasteiger partial charge in [-0.1, -0.05) is 30.3 Å². The summed E-state index contributed by atoms with van der Waals surface area (Å²) in [5, 5.41) is 2.36. The van der Waals surface area contributed by atoms with Gasteiger partial charge in [0.2, 0.25) is 0 Å². The van der Waals surface area contributed by atoms with Gasteiger partial charge in [0.15, 0.2) is 0 Å². The van der Waals surface area contributed by atoms with Crippen molar-refractivity contribution in [3.8, 4) is 0 Å². The molecule has 82 valence electrons. The molecular weight excluding hydrogens is 218 g/mol. The van der Waals surface area contributed by atoms with Crippen LogP contribution in [0.4, 0.5) is 5.69 Å². The first-order valence-corrected chi connectivity index (χ1v) is 7.32. The first kappa shape index (κ1) is 9.85.